The second-order valence-electron chi connectivity index (χ2n) is 5.04. The van der Waals surface area contributed by atoms with E-state index in [1.54, 1.807) is 0 Å². The van der Waals surface area contributed by atoms with Gasteiger partial charge in [-0.15, -0.1) is 0 Å². The highest BCUT2D eigenvalue weighted by atomic mass is 79.9. The van der Waals surface area contributed by atoms with Crippen LogP contribution in [0.2, 0.25) is 0 Å². The molecule has 1 N–H and O–H groups in total. The first-order valence-electron chi connectivity index (χ1n) is 6.63. The lowest BCUT2D eigenvalue weighted by atomic mass is 10.1. The monoisotopic (exact) mass is 312 g/mol. The van der Waals surface area contributed by atoms with Crippen LogP contribution in [0.25, 0.3) is 0 Å². The molecule has 2 heterocycles. The van der Waals surface area contributed by atoms with E-state index in [0.29, 0.717) is 0 Å². The van der Waals surface area contributed by atoms with Crippen LogP contribution in [-0.4, -0.2) is 41.5 Å². The maximum Gasteiger partial charge on any atom is 0.132 e. The van der Waals surface area contributed by atoms with Crippen LogP contribution in [0, 0.1) is 5.92 Å². The van der Waals surface area contributed by atoms with Crippen molar-refractivity contribution in [3.63, 3.8) is 0 Å². The van der Waals surface area contributed by atoms with Crippen molar-refractivity contribution in [2.75, 3.05) is 32.0 Å². The summed E-state index contributed by atoms with van der Waals surface area (Å²) in [4.78, 5) is 11.3. The van der Waals surface area contributed by atoms with Crippen LogP contribution in [0.15, 0.2) is 10.7 Å². The Kier molecular flexibility index (Phi) is 4.95. The largest absolute Gasteiger partial charge is 0.370 e. The average molecular weight is 313 g/mol. The molecule has 4 nitrogen and oxygen atoms in total. The zero-order chi connectivity index (χ0) is 13.0. The maximum atomic E-state index is 4.54. The first-order valence-corrected chi connectivity index (χ1v) is 7.42. The number of rotatable bonds is 5. The number of hydrogen-bond donors (Lipinski definition) is 1. The van der Waals surface area contributed by atoms with E-state index < -0.39 is 0 Å². The minimum atomic E-state index is 0.735. The SMILES string of the molecule is CCCc1nc(Br)cc(NCC2CCN(C)C2)n1. The highest BCUT2D eigenvalue weighted by molar-refractivity contribution is 9.10. The summed E-state index contributed by atoms with van der Waals surface area (Å²) in [7, 11) is 2.18. The summed E-state index contributed by atoms with van der Waals surface area (Å²) in [6.07, 6.45) is 3.28. The zero-order valence-corrected chi connectivity index (χ0v) is 12.7. The third-order valence-electron chi connectivity index (χ3n) is 3.28. The predicted octanol–water partition coefficient (Wildman–Crippen LogP) is 2.56. The highest BCUT2D eigenvalue weighted by Crippen LogP contribution is 2.17. The fourth-order valence-corrected chi connectivity index (χ4v) is 2.75. The molecule has 1 aliphatic heterocycles. The van der Waals surface area contributed by atoms with Crippen molar-refractivity contribution in [3.8, 4) is 0 Å². The average Bonchev–Trinajstić information content (AvgIpc) is 2.72. The van der Waals surface area contributed by atoms with E-state index in [2.05, 4.69) is 50.1 Å². The fourth-order valence-electron chi connectivity index (χ4n) is 2.33. The number of anilines is 1. The molecule has 1 aliphatic rings. The lowest BCUT2D eigenvalue weighted by Gasteiger charge is -2.12. The van der Waals surface area contributed by atoms with E-state index in [9.17, 15) is 0 Å². The number of nitrogens with one attached hydrogen (secondary N) is 1. The van der Waals surface area contributed by atoms with Gasteiger partial charge in [-0.2, -0.15) is 0 Å². The highest BCUT2D eigenvalue weighted by Gasteiger charge is 2.19. The Bertz CT molecular complexity index is 397. The van der Waals surface area contributed by atoms with E-state index in [0.717, 1.165) is 41.5 Å². The van der Waals surface area contributed by atoms with Gasteiger partial charge < -0.3 is 10.2 Å². The van der Waals surface area contributed by atoms with Crippen LogP contribution in [-0.2, 0) is 6.42 Å². The number of aromatic nitrogens is 2. The van der Waals surface area contributed by atoms with Crippen LogP contribution in [0.1, 0.15) is 25.6 Å². The van der Waals surface area contributed by atoms with E-state index in [1.165, 1.54) is 19.5 Å². The molecule has 2 rings (SSSR count). The van der Waals surface area contributed by atoms with Crippen LogP contribution < -0.4 is 5.32 Å². The van der Waals surface area contributed by atoms with Crippen molar-refractivity contribution in [3.05, 3.63) is 16.5 Å². The van der Waals surface area contributed by atoms with Crippen molar-refractivity contribution >= 4 is 21.7 Å². The lowest BCUT2D eigenvalue weighted by molar-refractivity contribution is 0.399. The summed E-state index contributed by atoms with van der Waals surface area (Å²) in [5.74, 6) is 2.59. The quantitative estimate of drug-likeness (QED) is 0.848. The predicted molar refractivity (Wildman–Crippen MR) is 77.8 cm³/mol. The van der Waals surface area contributed by atoms with Gasteiger partial charge in [0.05, 0.1) is 0 Å². The van der Waals surface area contributed by atoms with Gasteiger partial charge in [0.2, 0.25) is 0 Å². The van der Waals surface area contributed by atoms with Crippen molar-refractivity contribution in [1.29, 1.82) is 0 Å². The van der Waals surface area contributed by atoms with Gasteiger partial charge in [0.25, 0.3) is 0 Å². The molecule has 0 spiro atoms. The Hall–Kier alpha value is -0.680. The minimum absolute atomic E-state index is 0.735. The molecule has 100 valence electrons. The van der Waals surface area contributed by atoms with E-state index >= 15 is 0 Å². The molecule has 1 aromatic heterocycles. The summed E-state index contributed by atoms with van der Waals surface area (Å²) in [5, 5.41) is 3.44. The molecule has 0 radical (unpaired) electrons. The molecule has 0 aromatic carbocycles. The van der Waals surface area contributed by atoms with Crippen molar-refractivity contribution in [2.45, 2.75) is 26.2 Å². The van der Waals surface area contributed by atoms with Crippen molar-refractivity contribution in [2.24, 2.45) is 5.92 Å². The first-order chi connectivity index (χ1) is 8.67. The Morgan fingerprint density at radius 3 is 3.00 bits per heavy atom. The summed E-state index contributed by atoms with van der Waals surface area (Å²) in [6.45, 7) is 5.53. The standard InChI is InChI=1S/C13H21BrN4/c1-3-4-12-16-11(14)7-13(17-12)15-8-10-5-6-18(2)9-10/h7,10H,3-6,8-9H2,1-2H3,(H,15,16,17). The molecular formula is C13H21BrN4. The number of halogens is 1. The fraction of sp³-hybridized carbons (Fsp3) is 0.692. The number of likely N-dealkylation sites (tertiary alicyclic amines) is 1. The molecule has 1 atom stereocenters. The van der Waals surface area contributed by atoms with Crippen molar-refractivity contribution in [1.82, 2.24) is 14.9 Å². The second kappa shape index (κ2) is 6.48. The number of nitrogens with zero attached hydrogens (tertiary/aromatic N) is 3. The normalized spacial score (nSPS) is 20.3. The molecule has 1 saturated heterocycles. The Morgan fingerprint density at radius 2 is 2.33 bits per heavy atom. The van der Waals surface area contributed by atoms with Gasteiger partial charge in [0.15, 0.2) is 0 Å². The lowest BCUT2D eigenvalue weighted by Crippen LogP contribution is -2.19. The van der Waals surface area contributed by atoms with Crippen LogP contribution in [0.5, 0.6) is 0 Å². The van der Waals surface area contributed by atoms with E-state index in [1.807, 2.05) is 6.07 Å². The third-order valence-corrected chi connectivity index (χ3v) is 3.68. The van der Waals surface area contributed by atoms with Crippen LogP contribution >= 0.6 is 15.9 Å². The maximum absolute atomic E-state index is 4.54. The smallest absolute Gasteiger partial charge is 0.132 e. The topological polar surface area (TPSA) is 41.1 Å². The van der Waals surface area contributed by atoms with Gasteiger partial charge in [-0.1, -0.05) is 6.92 Å². The number of aryl methyl sites for hydroxylation is 1. The van der Waals surface area contributed by atoms with Gasteiger partial charge in [0.1, 0.15) is 16.2 Å². The molecule has 1 unspecified atom stereocenters. The zero-order valence-electron chi connectivity index (χ0n) is 11.1. The molecule has 18 heavy (non-hydrogen) atoms. The van der Waals surface area contributed by atoms with Gasteiger partial charge in [-0.3, -0.25) is 0 Å². The molecule has 5 heteroatoms. The van der Waals surface area contributed by atoms with Gasteiger partial charge in [-0.05, 0) is 48.3 Å². The van der Waals surface area contributed by atoms with E-state index in [-0.39, 0.29) is 0 Å². The minimum Gasteiger partial charge on any atom is -0.370 e. The van der Waals surface area contributed by atoms with Gasteiger partial charge in [0, 0.05) is 25.6 Å². The molecule has 1 aromatic rings. The van der Waals surface area contributed by atoms with Gasteiger partial charge in [-0.25, -0.2) is 9.97 Å². The summed E-state index contributed by atoms with van der Waals surface area (Å²) in [6, 6.07) is 1.96. The molecule has 1 fully saturated rings. The summed E-state index contributed by atoms with van der Waals surface area (Å²) in [5.41, 5.74) is 0. The van der Waals surface area contributed by atoms with Crippen molar-refractivity contribution < 1.29 is 0 Å². The third kappa shape index (κ3) is 3.92. The Labute approximate surface area is 117 Å². The molecule has 0 aliphatic carbocycles. The van der Waals surface area contributed by atoms with Gasteiger partial charge >= 0.3 is 0 Å². The Balaban J connectivity index is 1.92. The number of hydrogen-bond acceptors (Lipinski definition) is 4. The molecular weight excluding hydrogens is 292 g/mol. The summed E-state index contributed by atoms with van der Waals surface area (Å²) < 4.78 is 0.868. The van der Waals surface area contributed by atoms with E-state index in [4.69, 9.17) is 0 Å². The van der Waals surface area contributed by atoms with Crippen LogP contribution in [0.4, 0.5) is 5.82 Å². The molecule has 0 amide bonds. The second-order valence-corrected chi connectivity index (χ2v) is 5.85. The molecule has 0 bridgehead atoms. The Morgan fingerprint density at radius 1 is 1.50 bits per heavy atom. The summed E-state index contributed by atoms with van der Waals surface area (Å²) >= 11 is 3.45. The first kappa shape index (κ1) is 13.7. The molecule has 0 saturated carbocycles. The van der Waals surface area contributed by atoms with Crippen LogP contribution in [0.3, 0.4) is 0 Å².